The highest BCUT2D eigenvalue weighted by Crippen LogP contribution is 2.24. The summed E-state index contributed by atoms with van der Waals surface area (Å²) in [6, 6.07) is 15.5. The lowest BCUT2D eigenvalue weighted by Gasteiger charge is -2.06. The van der Waals surface area contributed by atoms with Gasteiger partial charge in [-0.2, -0.15) is 4.52 Å². The largest absolute Gasteiger partial charge is 0.484 e. The van der Waals surface area contributed by atoms with Crippen LogP contribution in [0.25, 0.3) is 16.3 Å². The lowest BCUT2D eigenvalue weighted by Crippen LogP contribution is -2.20. The number of carbonyl (C=O) groups is 1. The monoisotopic (exact) mass is 379 g/mol. The highest BCUT2D eigenvalue weighted by Gasteiger charge is 2.15. The fourth-order valence-corrected chi connectivity index (χ4v) is 3.40. The Morgan fingerprint density at radius 1 is 1.11 bits per heavy atom. The SMILES string of the molecule is Cc1cccc(OCC(=O)Nc2nn3c(-c4cccc(C)c4)nnc3s2)c1. The Balaban J connectivity index is 1.47. The Morgan fingerprint density at radius 2 is 1.89 bits per heavy atom. The maximum absolute atomic E-state index is 12.2. The number of fused-ring (bicyclic) bond motifs is 1. The van der Waals surface area contributed by atoms with Gasteiger partial charge in [-0.1, -0.05) is 47.2 Å². The first-order valence-corrected chi connectivity index (χ1v) is 9.19. The van der Waals surface area contributed by atoms with Crippen molar-refractivity contribution in [3.05, 3.63) is 59.7 Å². The van der Waals surface area contributed by atoms with Crippen LogP contribution in [0.3, 0.4) is 0 Å². The number of hydrogen-bond donors (Lipinski definition) is 1. The fourth-order valence-electron chi connectivity index (χ4n) is 2.64. The van der Waals surface area contributed by atoms with Crippen LogP contribution < -0.4 is 10.1 Å². The highest BCUT2D eigenvalue weighted by atomic mass is 32.1. The van der Waals surface area contributed by atoms with Crippen molar-refractivity contribution in [2.24, 2.45) is 0 Å². The molecule has 2 heterocycles. The Labute approximate surface area is 159 Å². The van der Waals surface area contributed by atoms with Crippen molar-refractivity contribution in [3.63, 3.8) is 0 Å². The van der Waals surface area contributed by atoms with Gasteiger partial charge in [-0.15, -0.1) is 15.3 Å². The van der Waals surface area contributed by atoms with Gasteiger partial charge in [-0.3, -0.25) is 10.1 Å². The van der Waals surface area contributed by atoms with Crippen molar-refractivity contribution in [2.45, 2.75) is 13.8 Å². The molecule has 0 aliphatic heterocycles. The molecule has 4 aromatic rings. The van der Waals surface area contributed by atoms with Crippen molar-refractivity contribution < 1.29 is 9.53 Å². The van der Waals surface area contributed by atoms with Gasteiger partial charge in [-0.25, -0.2) is 0 Å². The number of rotatable bonds is 5. The molecule has 8 heteroatoms. The predicted molar refractivity (Wildman–Crippen MR) is 104 cm³/mol. The maximum Gasteiger partial charge on any atom is 0.264 e. The minimum Gasteiger partial charge on any atom is -0.484 e. The second-order valence-corrected chi connectivity index (χ2v) is 7.10. The van der Waals surface area contributed by atoms with Gasteiger partial charge in [-0.05, 0) is 37.6 Å². The summed E-state index contributed by atoms with van der Waals surface area (Å²) in [5.41, 5.74) is 3.12. The van der Waals surface area contributed by atoms with Crippen LogP contribution in [-0.4, -0.2) is 32.3 Å². The molecular formula is C19H17N5O2S. The van der Waals surface area contributed by atoms with E-state index < -0.39 is 0 Å². The summed E-state index contributed by atoms with van der Waals surface area (Å²) in [5, 5.41) is 15.9. The van der Waals surface area contributed by atoms with E-state index in [9.17, 15) is 4.79 Å². The summed E-state index contributed by atoms with van der Waals surface area (Å²) >= 11 is 1.26. The smallest absolute Gasteiger partial charge is 0.264 e. The quantitative estimate of drug-likeness (QED) is 0.574. The molecule has 0 spiro atoms. The molecule has 0 aliphatic rings. The van der Waals surface area contributed by atoms with E-state index in [0.717, 1.165) is 16.7 Å². The normalized spacial score (nSPS) is 10.9. The molecule has 0 bridgehead atoms. The van der Waals surface area contributed by atoms with Crippen molar-refractivity contribution in [1.82, 2.24) is 19.8 Å². The Kier molecular flexibility index (Phi) is 4.55. The van der Waals surface area contributed by atoms with Gasteiger partial charge in [0.1, 0.15) is 5.75 Å². The molecule has 0 fully saturated rings. The van der Waals surface area contributed by atoms with Crippen LogP contribution in [0.1, 0.15) is 11.1 Å². The third-order valence-corrected chi connectivity index (χ3v) is 4.69. The minimum absolute atomic E-state index is 0.0890. The number of aromatic nitrogens is 4. The first-order valence-electron chi connectivity index (χ1n) is 8.37. The molecule has 0 saturated carbocycles. The number of hydrogen-bond acceptors (Lipinski definition) is 6. The van der Waals surface area contributed by atoms with E-state index in [-0.39, 0.29) is 12.5 Å². The van der Waals surface area contributed by atoms with Crippen LogP contribution in [0, 0.1) is 13.8 Å². The third kappa shape index (κ3) is 3.80. The van der Waals surface area contributed by atoms with E-state index in [2.05, 4.69) is 20.6 Å². The summed E-state index contributed by atoms with van der Waals surface area (Å²) in [7, 11) is 0. The van der Waals surface area contributed by atoms with E-state index in [4.69, 9.17) is 4.74 Å². The lowest BCUT2D eigenvalue weighted by atomic mass is 10.1. The number of aryl methyl sites for hydroxylation is 2. The van der Waals surface area contributed by atoms with Crippen LogP contribution in [0.4, 0.5) is 5.13 Å². The second-order valence-electron chi connectivity index (χ2n) is 6.15. The number of nitrogens with zero attached hydrogens (tertiary/aromatic N) is 4. The molecule has 0 atom stereocenters. The van der Waals surface area contributed by atoms with Gasteiger partial charge in [0, 0.05) is 5.56 Å². The van der Waals surface area contributed by atoms with Crippen LogP contribution in [-0.2, 0) is 4.79 Å². The zero-order valence-electron chi connectivity index (χ0n) is 14.8. The topological polar surface area (TPSA) is 81.4 Å². The molecular weight excluding hydrogens is 362 g/mol. The number of nitrogens with one attached hydrogen (secondary N) is 1. The molecule has 136 valence electrons. The van der Waals surface area contributed by atoms with Crippen molar-refractivity contribution in [2.75, 3.05) is 11.9 Å². The number of carbonyl (C=O) groups excluding carboxylic acids is 1. The maximum atomic E-state index is 12.2. The van der Waals surface area contributed by atoms with Crippen LogP contribution >= 0.6 is 11.3 Å². The Hall–Kier alpha value is -3.26. The van der Waals surface area contributed by atoms with Gasteiger partial charge >= 0.3 is 0 Å². The Morgan fingerprint density at radius 3 is 2.67 bits per heavy atom. The third-order valence-electron chi connectivity index (χ3n) is 3.87. The van der Waals surface area contributed by atoms with Crippen LogP contribution in [0.2, 0.25) is 0 Å². The average Bonchev–Trinajstić information content (AvgIpc) is 3.20. The van der Waals surface area contributed by atoms with E-state index >= 15 is 0 Å². The molecule has 4 rings (SSSR count). The van der Waals surface area contributed by atoms with Crippen LogP contribution in [0.5, 0.6) is 5.75 Å². The average molecular weight is 379 g/mol. The number of benzene rings is 2. The molecule has 1 N–H and O–H groups in total. The molecule has 2 aromatic carbocycles. The summed E-state index contributed by atoms with van der Waals surface area (Å²) < 4.78 is 7.15. The van der Waals surface area contributed by atoms with Gasteiger partial charge < -0.3 is 4.74 Å². The van der Waals surface area contributed by atoms with Gasteiger partial charge in [0.25, 0.3) is 5.91 Å². The van der Waals surface area contributed by atoms with Crippen molar-refractivity contribution in [1.29, 1.82) is 0 Å². The van der Waals surface area contributed by atoms with Crippen molar-refractivity contribution >= 4 is 27.3 Å². The molecule has 27 heavy (non-hydrogen) atoms. The molecule has 0 radical (unpaired) electrons. The number of anilines is 1. The molecule has 0 unspecified atom stereocenters. The molecule has 2 aromatic heterocycles. The highest BCUT2D eigenvalue weighted by molar-refractivity contribution is 7.20. The first-order chi connectivity index (χ1) is 13.1. The number of ether oxygens (including phenoxy) is 1. The zero-order chi connectivity index (χ0) is 18.8. The van der Waals surface area contributed by atoms with Crippen LogP contribution in [0.15, 0.2) is 48.5 Å². The molecule has 7 nitrogen and oxygen atoms in total. The van der Waals surface area contributed by atoms with Gasteiger partial charge in [0.15, 0.2) is 12.4 Å². The van der Waals surface area contributed by atoms with E-state index in [1.54, 1.807) is 4.52 Å². The summed E-state index contributed by atoms with van der Waals surface area (Å²) in [6.45, 7) is 3.90. The number of amides is 1. The molecule has 0 aliphatic carbocycles. The summed E-state index contributed by atoms with van der Waals surface area (Å²) in [5.74, 6) is 1.02. The first kappa shape index (κ1) is 17.2. The fraction of sp³-hybridized carbons (Fsp3) is 0.158. The standard InChI is InChI=1S/C19H17N5O2S/c1-12-5-3-7-14(9-12)17-21-22-19-24(17)23-18(27-19)20-16(25)11-26-15-8-4-6-13(2)10-15/h3-10H,11H2,1-2H3,(H,20,23,25). The van der Waals surface area contributed by atoms with Gasteiger partial charge in [0.05, 0.1) is 0 Å². The Bertz CT molecular complexity index is 1120. The molecule has 1 amide bonds. The molecule has 0 saturated heterocycles. The van der Waals surface area contributed by atoms with E-state index in [1.165, 1.54) is 11.3 Å². The van der Waals surface area contributed by atoms with Crippen molar-refractivity contribution in [3.8, 4) is 17.1 Å². The lowest BCUT2D eigenvalue weighted by molar-refractivity contribution is -0.118. The van der Waals surface area contributed by atoms with Gasteiger partial charge in [0.2, 0.25) is 10.1 Å². The predicted octanol–water partition coefficient (Wildman–Crippen LogP) is 3.49. The van der Waals surface area contributed by atoms with E-state index in [1.807, 2.05) is 62.4 Å². The van der Waals surface area contributed by atoms with E-state index in [0.29, 0.717) is 21.7 Å². The summed E-state index contributed by atoms with van der Waals surface area (Å²) in [6.07, 6.45) is 0. The second kappa shape index (κ2) is 7.16. The minimum atomic E-state index is -0.279. The zero-order valence-corrected chi connectivity index (χ0v) is 15.7. The summed E-state index contributed by atoms with van der Waals surface area (Å²) in [4.78, 5) is 12.8.